The van der Waals surface area contributed by atoms with E-state index in [2.05, 4.69) is 24.5 Å². The third kappa shape index (κ3) is 5.49. The molecule has 2 amide bonds. The minimum atomic E-state index is -0.593. The Morgan fingerprint density at radius 2 is 1.85 bits per heavy atom. The first-order chi connectivity index (χ1) is 12.7. The second-order valence-electron chi connectivity index (χ2n) is 7.74. The maximum Gasteiger partial charge on any atom is 0.338 e. The third-order valence-corrected chi connectivity index (χ3v) is 4.02. The van der Waals surface area contributed by atoms with Gasteiger partial charge in [0.15, 0.2) is 0 Å². The second-order valence-corrected chi connectivity index (χ2v) is 7.74. The third-order valence-electron chi connectivity index (χ3n) is 4.02. The zero-order valence-corrected chi connectivity index (χ0v) is 17.0. The Bertz CT molecular complexity index is 723. The van der Waals surface area contributed by atoms with Crippen molar-refractivity contribution in [3.8, 4) is 5.75 Å². The number of hydrogen-bond acceptors (Lipinski definition) is 4. The summed E-state index contributed by atoms with van der Waals surface area (Å²) < 4.78 is 11.2. The molecule has 0 saturated carbocycles. The number of allylic oxidation sites excluding steroid dienone is 1. The number of nitrogens with one attached hydrogen (secondary N) is 2. The van der Waals surface area contributed by atoms with Gasteiger partial charge in [-0.15, -0.1) is 0 Å². The highest BCUT2D eigenvalue weighted by molar-refractivity contribution is 5.95. The maximum absolute atomic E-state index is 12.8. The van der Waals surface area contributed by atoms with Crippen molar-refractivity contribution in [2.75, 3.05) is 6.61 Å². The van der Waals surface area contributed by atoms with Crippen LogP contribution in [0.3, 0.4) is 0 Å². The van der Waals surface area contributed by atoms with E-state index in [0.717, 1.165) is 5.56 Å². The summed E-state index contributed by atoms with van der Waals surface area (Å²) in [4.78, 5) is 25.0. The lowest BCUT2D eigenvalue weighted by Crippen LogP contribution is -2.47. The Morgan fingerprint density at radius 3 is 2.44 bits per heavy atom. The summed E-state index contributed by atoms with van der Waals surface area (Å²) >= 11 is 0. The molecule has 0 aliphatic carbocycles. The van der Waals surface area contributed by atoms with Gasteiger partial charge in [-0.05, 0) is 43.4 Å². The number of hydrogen-bond donors (Lipinski definition) is 2. The van der Waals surface area contributed by atoms with E-state index in [0.29, 0.717) is 29.5 Å². The van der Waals surface area contributed by atoms with Crippen LogP contribution in [-0.2, 0) is 9.53 Å². The molecule has 27 heavy (non-hydrogen) atoms. The highest BCUT2D eigenvalue weighted by atomic mass is 16.5. The maximum atomic E-state index is 12.8. The molecule has 1 aromatic carbocycles. The molecule has 1 unspecified atom stereocenters. The van der Waals surface area contributed by atoms with E-state index in [9.17, 15) is 9.59 Å². The Labute approximate surface area is 161 Å². The molecule has 1 aromatic rings. The lowest BCUT2D eigenvalue weighted by Gasteiger charge is -2.31. The Morgan fingerprint density at radius 1 is 1.15 bits per heavy atom. The quantitative estimate of drug-likeness (QED) is 0.709. The number of carbonyl (C=O) groups excluding carboxylic acids is 2. The summed E-state index contributed by atoms with van der Waals surface area (Å²) in [6, 6.07) is 6.54. The summed E-state index contributed by atoms with van der Waals surface area (Å²) in [7, 11) is 0. The first-order valence-corrected chi connectivity index (χ1v) is 9.44. The van der Waals surface area contributed by atoms with Gasteiger partial charge < -0.3 is 20.1 Å². The molecule has 148 valence electrons. The van der Waals surface area contributed by atoms with Crippen LogP contribution in [-0.4, -0.2) is 24.7 Å². The van der Waals surface area contributed by atoms with Gasteiger partial charge in [-0.1, -0.05) is 39.8 Å². The van der Waals surface area contributed by atoms with Crippen molar-refractivity contribution in [1.82, 2.24) is 10.6 Å². The van der Waals surface area contributed by atoms with Gasteiger partial charge in [0.2, 0.25) is 0 Å². The lowest BCUT2D eigenvalue weighted by atomic mass is 9.91. The van der Waals surface area contributed by atoms with Gasteiger partial charge >= 0.3 is 12.0 Å². The smallest absolute Gasteiger partial charge is 0.338 e. The van der Waals surface area contributed by atoms with Gasteiger partial charge in [0, 0.05) is 5.70 Å². The predicted octanol–water partition coefficient (Wildman–Crippen LogP) is 3.94. The van der Waals surface area contributed by atoms with E-state index in [-0.39, 0.29) is 18.1 Å². The van der Waals surface area contributed by atoms with Crippen molar-refractivity contribution in [3.05, 3.63) is 41.1 Å². The number of amides is 2. The molecule has 0 saturated heterocycles. The van der Waals surface area contributed by atoms with Crippen molar-refractivity contribution in [2.24, 2.45) is 11.8 Å². The predicted molar refractivity (Wildman–Crippen MR) is 104 cm³/mol. The van der Waals surface area contributed by atoms with E-state index in [1.165, 1.54) is 0 Å². The van der Waals surface area contributed by atoms with Crippen LogP contribution in [0.1, 0.15) is 53.1 Å². The number of esters is 1. The van der Waals surface area contributed by atoms with Crippen molar-refractivity contribution in [1.29, 1.82) is 0 Å². The number of rotatable bonds is 7. The zero-order chi connectivity index (χ0) is 20.1. The van der Waals surface area contributed by atoms with Crippen molar-refractivity contribution < 1.29 is 19.1 Å². The summed E-state index contributed by atoms with van der Waals surface area (Å²) in [5.41, 5.74) is 1.79. The van der Waals surface area contributed by atoms with Gasteiger partial charge in [-0.2, -0.15) is 0 Å². The normalized spacial score (nSPS) is 17.2. The van der Waals surface area contributed by atoms with E-state index in [1.807, 2.05) is 38.1 Å². The molecule has 2 rings (SSSR count). The summed E-state index contributed by atoms with van der Waals surface area (Å²) in [5, 5.41) is 5.62. The zero-order valence-electron chi connectivity index (χ0n) is 17.0. The fraction of sp³-hybridized carbons (Fsp3) is 0.524. The molecule has 2 N–H and O–H groups in total. The van der Waals surface area contributed by atoms with Crippen LogP contribution >= 0.6 is 0 Å². The summed E-state index contributed by atoms with van der Waals surface area (Å²) in [6.07, 6.45) is -0.252. The van der Waals surface area contributed by atoms with Crippen LogP contribution in [0.25, 0.3) is 0 Å². The average molecular weight is 374 g/mol. The minimum absolute atomic E-state index is 0.0337. The number of urea groups is 1. The van der Waals surface area contributed by atoms with Crippen LogP contribution in [0.2, 0.25) is 0 Å². The van der Waals surface area contributed by atoms with Gasteiger partial charge in [0.25, 0.3) is 0 Å². The lowest BCUT2D eigenvalue weighted by molar-refractivity contribution is -0.143. The van der Waals surface area contributed by atoms with Crippen LogP contribution in [0, 0.1) is 11.8 Å². The molecule has 0 spiro atoms. The van der Waals surface area contributed by atoms with Crippen LogP contribution < -0.4 is 15.4 Å². The molecule has 0 radical (unpaired) electrons. The van der Waals surface area contributed by atoms with Gasteiger partial charge in [-0.3, -0.25) is 0 Å². The van der Waals surface area contributed by atoms with Gasteiger partial charge in [0.1, 0.15) is 5.75 Å². The standard InChI is InChI=1S/C21H30N2O4/c1-12(2)11-26-16-9-7-8-15(10-16)19-17(20(24)27-14(5)6)18(13(3)4)22-21(25)23-19/h7-10,12-14,19H,11H2,1-6H3,(H2,22,23,25). The Hall–Kier alpha value is -2.50. The molecule has 0 aromatic heterocycles. The Kier molecular flexibility index (Phi) is 6.88. The number of carbonyl (C=O) groups is 2. The molecule has 1 heterocycles. The Balaban J connectivity index is 2.45. The van der Waals surface area contributed by atoms with Crippen LogP contribution in [0.5, 0.6) is 5.75 Å². The van der Waals surface area contributed by atoms with E-state index >= 15 is 0 Å². The SMILES string of the molecule is CC(C)COc1cccc(C2NC(=O)NC(C(C)C)=C2C(=O)OC(C)C)c1. The molecular weight excluding hydrogens is 344 g/mol. The van der Waals surface area contributed by atoms with Crippen LogP contribution in [0.15, 0.2) is 35.5 Å². The van der Waals surface area contributed by atoms with Gasteiger partial charge in [0.05, 0.1) is 24.3 Å². The fourth-order valence-corrected chi connectivity index (χ4v) is 2.84. The molecule has 1 aliphatic rings. The molecule has 6 heteroatoms. The van der Waals surface area contributed by atoms with Crippen LogP contribution in [0.4, 0.5) is 4.79 Å². The second kappa shape index (κ2) is 8.93. The van der Waals surface area contributed by atoms with E-state index in [4.69, 9.17) is 9.47 Å². The molecular formula is C21H30N2O4. The first kappa shape index (κ1) is 20.8. The minimum Gasteiger partial charge on any atom is -0.493 e. The monoisotopic (exact) mass is 374 g/mol. The summed E-state index contributed by atoms with van der Waals surface area (Å²) in [5.74, 6) is 0.640. The fourth-order valence-electron chi connectivity index (χ4n) is 2.84. The van der Waals surface area contributed by atoms with E-state index < -0.39 is 12.0 Å². The number of benzene rings is 1. The molecule has 0 fully saturated rings. The summed E-state index contributed by atoms with van der Waals surface area (Å²) in [6.45, 7) is 12.2. The van der Waals surface area contributed by atoms with E-state index in [1.54, 1.807) is 13.8 Å². The topological polar surface area (TPSA) is 76.7 Å². The largest absolute Gasteiger partial charge is 0.493 e. The van der Waals surface area contributed by atoms with Crippen molar-refractivity contribution in [3.63, 3.8) is 0 Å². The van der Waals surface area contributed by atoms with Gasteiger partial charge in [-0.25, -0.2) is 9.59 Å². The molecule has 6 nitrogen and oxygen atoms in total. The average Bonchev–Trinajstić information content (AvgIpc) is 2.58. The van der Waals surface area contributed by atoms with Crippen molar-refractivity contribution in [2.45, 2.75) is 53.7 Å². The molecule has 1 aliphatic heterocycles. The van der Waals surface area contributed by atoms with Crippen molar-refractivity contribution >= 4 is 12.0 Å². The highest BCUT2D eigenvalue weighted by Gasteiger charge is 2.35. The molecule has 1 atom stereocenters. The number of ether oxygens (including phenoxy) is 2. The highest BCUT2D eigenvalue weighted by Crippen LogP contribution is 2.32. The molecule has 0 bridgehead atoms. The first-order valence-electron chi connectivity index (χ1n) is 9.44.